The molecule has 19 nitrogen and oxygen atoms in total. The van der Waals surface area contributed by atoms with Gasteiger partial charge in [-0.05, 0) is 12.8 Å². The van der Waals surface area contributed by atoms with Crippen molar-refractivity contribution in [3.63, 3.8) is 0 Å². The summed E-state index contributed by atoms with van der Waals surface area (Å²) in [6.45, 7) is 1.91. The van der Waals surface area contributed by atoms with Crippen LogP contribution in [0.2, 0.25) is 0 Å². The number of nitrogens with one attached hydrogen (secondary N) is 1. The van der Waals surface area contributed by atoms with Crippen LogP contribution in [0.5, 0.6) is 0 Å². The lowest BCUT2D eigenvalue weighted by atomic mass is 9.96. The SMILES string of the molecule is CCCCCCCCCCCCCCCCCCCCCCCCCCCCCCCCCCCCCCCCCCC(=O)NC(COC1OC(CO)C(OC2OC(CO)C(OC3OC(CO)C(O)C(O)C3O)C(O)C2O)C(O)C1O)C(O)CCCCCCCCCCCCCCCCCCCCCCCCCCCCCCCCCCC. The molecule has 0 aromatic heterocycles. The summed E-state index contributed by atoms with van der Waals surface area (Å²) < 4.78 is 34.7. The maximum atomic E-state index is 13.6. The van der Waals surface area contributed by atoms with E-state index in [1.165, 1.54) is 417 Å². The number of carbonyl (C=O) groups excluding carboxylic acids is 1. The van der Waals surface area contributed by atoms with E-state index in [1.54, 1.807) is 0 Å². The molecule has 17 atom stereocenters. The van der Waals surface area contributed by atoms with Crippen molar-refractivity contribution in [3.8, 4) is 0 Å². The van der Waals surface area contributed by atoms with E-state index in [9.17, 15) is 61.0 Å². The zero-order valence-corrected chi connectivity index (χ0v) is 76.5. The minimum atomic E-state index is -1.97. The van der Waals surface area contributed by atoms with Gasteiger partial charge in [-0.3, -0.25) is 4.79 Å². The lowest BCUT2D eigenvalue weighted by Gasteiger charge is -2.48. The molecule has 3 rings (SSSR count). The Balaban J connectivity index is 1.26. The first kappa shape index (κ1) is 111. The Morgan fingerprint density at radius 1 is 0.271 bits per heavy atom. The molecule has 3 saturated heterocycles. The molecule has 0 aromatic rings. The van der Waals surface area contributed by atoms with Crippen molar-refractivity contribution in [2.24, 2.45) is 0 Å². The van der Waals surface area contributed by atoms with Crippen molar-refractivity contribution in [1.29, 1.82) is 0 Å². The number of hydrogen-bond acceptors (Lipinski definition) is 18. The van der Waals surface area contributed by atoms with Crippen LogP contribution in [-0.2, 0) is 33.2 Å². The van der Waals surface area contributed by atoms with Crippen LogP contribution in [0.4, 0.5) is 0 Å². The molecule has 0 bridgehead atoms. The van der Waals surface area contributed by atoms with Crippen LogP contribution in [0.3, 0.4) is 0 Å². The Morgan fingerprint density at radius 3 is 0.737 bits per heavy atom. The smallest absolute Gasteiger partial charge is 0.220 e. The summed E-state index contributed by atoms with van der Waals surface area (Å²) in [6, 6.07) is -0.885. The van der Waals surface area contributed by atoms with E-state index in [2.05, 4.69) is 19.2 Å². The summed E-state index contributed by atoms with van der Waals surface area (Å²) in [5.74, 6) is -0.229. The predicted octanol–water partition coefficient (Wildman–Crippen LogP) is 21.6. The Kier molecular flexibility index (Phi) is 74.5. The molecule has 0 saturated carbocycles. The van der Waals surface area contributed by atoms with Gasteiger partial charge in [-0.15, -0.1) is 0 Å². The van der Waals surface area contributed by atoms with Crippen LogP contribution in [0.1, 0.15) is 495 Å². The molecule has 0 spiro atoms. The maximum absolute atomic E-state index is 13.6. The molecule has 118 heavy (non-hydrogen) atoms. The molecule has 3 aliphatic rings. The van der Waals surface area contributed by atoms with Crippen molar-refractivity contribution in [1.82, 2.24) is 5.32 Å². The van der Waals surface area contributed by atoms with E-state index in [0.29, 0.717) is 12.8 Å². The molecule has 17 unspecified atom stereocenters. The standard InChI is InChI=1S/C99H193NO18/c1-3-5-7-9-11-13-15-17-19-21-23-25-27-29-31-33-35-37-38-39-40-41-42-43-45-47-49-51-53-55-57-59-61-63-65-67-69-71-73-75-77-87(105)100-82(83(104)76-74-72-70-68-66-64-62-60-58-56-54-52-50-48-46-44-36-34-32-30-28-26-24-22-20-18-16-14-12-10-8-6-4-2)81-113-97-93(111)90(108)95(85(79-102)115-97)118-99-94(112)91(109)96(86(80-103)116-99)117-98-92(110)89(107)88(106)84(78-101)114-98/h82-86,88-99,101-104,106-112H,3-81H2,1-2H3,(H,100,105). The minimum Gasteiger partial charge on any atom is -0.394 e. The fourth-order valence-electron chi connectivity index (χ4n) is 18.1. The van der Waals surface area contributed by atoms with E-state index < -0.39 is 124 Å². The van der Waals surface area contributed by atoms with Gasteiger partial charge < -0.3 is 89.9 Å². The Bertz CT molecular complexity index is 2120. The zero-order valence-electron chi connectivity index (χ0n) is 76.5. The second-order valence-corrected chi connectivity index (χ2v) is 37.0. The number of amides is 1. The van der Waals surface area contributed by atoms with E-state index in [4.69, 9.17) is 28.4 Å². The fraction of sp³-hybridized carbons (Fsp3) is 0.990. The number of aliphatic hydroxyl groups is 11. The third-order valence-corrected chi connectivity index (χ3v) is 26.2. The largest absolute Gasteiger partial charge is 0.394 e. The van der Waals surface area contributed by atoms with E-state index in [1.807, 2.05) is 0 Å². The van der Waals surface area contributed by atoms with Gasteiger partial charge >= 0.3 is 0 Å². The molecule has 3 aliphatic heterocycles. The number of rotatable bonds is 87. The molecule has 12 N–H and O–H groups in total. The predicted molar refractivity (Wildman–Crippen MR) is 481 cm³/mol. The third kappa shape index (κ3) is 56.1. The summed E-state index contributed by atoms with van der Waals surface area (Å²) in [7, 11) is 0. The van der Waals surface area contributed by atoms with Gasteiger partial charge in [-0.1, -0.05) is 476 Å². The number of unbranched alkanes of at least 4 members (excludes halogenated alkanes) is 71. The zero-order chi connectivity index (χ0) is 85.2. The highest BCUT2D eigenvalue weighted by molar-refractivity contribution is 5.76. The van der Waals surface area contributed by atoms with E-state index in [0.717, 1.165) is 44.9 Å². The van der Waals surface area contributed by atoms with Gasteiger partial charge in [-0.25, -0.2) is 0 Å². The van der Waals surface area contributed by atoms with Gasteiger partial charge in [0, 0.05) is 6.42 Å². The van der Waals surface area contributed by atoms with Crippen LogP contribution in [0.25, 0.3) is 0 Å². The molecule has 0 aromatic carbocycles. The molecule has 19 heteroatoms. The van der Waals surface area contributed by atoms with Crippen molar-refractivity contribution in [2.45, 2.75) is 600 Å². The number of hydrogen-bond donors (Lipinski definition) is 12. The van der Waals surface area contributed by atoms with Crippen molar-refractivity contribution in [3.05, 3.63) is 0 Å². The summed E-state index contributed by atoms with van der Waals surface area (Å²) in [6.07, 6.45) is 72.7. The van der Waals surface area contributed by atoms with Gasteiger partial charge in [0.15, 0.2) is 18.9 Å². The van der Waals surface area contributed by atoms with Gasteiger partial charge in [0.1, 0.15) is 73.2 Å². The normalized spacial score (nSPS) is 24.2. The van der Waals surface area contributed by atoms with Crippen molar-refractivity contribution >= 4 is 5.91 Å². The first-order valence-electron chi connectivity index (χ1n) is 51.3. The van der Waals surface area contributed by atoms with Gasteiger partial charge in [0.2, 0.25) is 5.91 Å². The number of carbonyl (C=O) groups is 1. The van der Waals surface area contributed by atoms with E-state index in [-0.39, 0.29) is 18.9 Å². The summed E-state index contributed by atoms with van der Waals surface area (Å²) in [4.78, 5) is 13.6. The van der Waals surface area contributed by atoms with Crippen molar-refractivity contribution in [2.75, 3.05) is 26.4 Å². The van der Waals surface area contributed by atoms with Gasteiger partial charge in [0.25, 0.3) is 0 Å². The van der Waals surface area contributed by atoms with Crippen LogP contribution in [0.15, 0.2) is 0 Å². The molecular formula is C99H193NO18. The molecule has 3 heterocycles. The van der Waals surface area contributed by atoms with Crippen LogP contribution in [0, 0.1) is 0 Å². The third-order valence-electron chi connectivity index (χ3n) is 26.2. The average molecular weight is 1690 g/mol. The Hall–Kier alpha value is -1.21. The highest BCUT2D eigenvalue weighted by Crippen LogP contribution is 2.34. The summed E-state index contributed by atoms with van der Waals surface area (Å²) in [5.41, 5.74) is 0. The maximum Gasteiger partial charge on any atom is 0.220 e. The Morgan fingerprint density at radius 2 is 0.483 bits per heavy atom. The van der Waals surface area contributed by atoms with Gasteiger partial charge in [0.05, 0.1) is 38.6 Å². The molecule has 3 fully saturated rings. The second kappa shape index (κ2) is 79.2. The van der Waals surface area contributed by atoms with E-state index >= 15 is 0 Å². The fourth-order valence-corrected chi connectivity index (χ4v) is 18.1. The first-order chi connectivity index (χ1) is 57.8. The lowest BCUT2D eigenvalue weighted by molar-refractivity contribution is -0.379. The van der Waals surface area contributed by atoms with Crippen LogP contribution < -0.4 is 5.32 Å². The number of ether oxygens (including phenoxy) is 6. The molecule has 0 aliphatic carbocycles. The average Bonchev–Trinajstić information content (AvgIpc) is 0.780. The highest BCUT2D eigenvalue weighted by Gasteiger charge is 2.54. The topological polar surface area (TPSA) is 307 Å². The number of aliphatic hydroxyl groups excluding tert-OH is 11. The molecule has 702 valence electrons. The summed E-state index contributed by atoms with van der Waals surface area (Å²) >= 11 is 0. The van der Waals surface area contributed by atoms with Crippen molar-refractivity contribution < 1.29 is 89.4 Å². The quantitative estimate of drug-likeness (QED) is 0.0252. The molecule has 0 radical (unpaired) electrons. The second-order valence-electron chi connectivity index (χ2n) is 37.0. The Labute approximate surface area is 723 Å². The molecular weight excluding hydrogens is 1490 g/mol. The van der Waals surface area contributed by atoms with Gasteiger partial charge in [-0.2, -0.15) is 0 Å². The monoisotopic (exact) mass is 1680 g/mol. The highest BCUT2D eigenvalue weighted by atomic mass is 16.8. The van der Waals surface area contributed by atoms with Crippen LogP contribution >= 0.6 is 0 Å². The van der Waals surface area contributed by atoms with Crippen LogP contribution in [-0.4, -0.2) is 193 Å². The minimum absolute atomic E-state index is 0.229. The lowest BCUT2D eigenvalue weighted by Crippen LogP contribution is -2.66. The first-order valence-corrected chi connectivity index (χ1v) is 51.3. The summed E-state index contributed by atoms with van der Waals surface area (Å²) in [5, 5.41) is 122. The molecule has 1 amide bonds.